The molecule has 12 heteroatoms. The predicted molar refractivity (Wildman–Crippen MR) is 111 cm³/mol. The number of aryl methyl sites for hydroxylation is 1. The lowest BCUT2D eigenvalue weighted by molar-refractivity contribution is -0.137. The molecular formula is C21H16F3N3O5S. The summed E-state index contributed by atoms with van der Waals surface area (Å²) in [6.45, 7) is 1.65. The smallest absolute Gasteiger partial charge is 0.426 e. The number of rotatable bonds is 4. The molecule has 8 nitrogen and oxygen atoms in total. The largest absolute Gasteiger partial charge is 0.454 e. The van der Waals surface area contributed by atoms with Crippen molar-refractivity contribution in [3.05, 3.63) is 64.2 Å². The van der Waals surface area contributed by atoms with E-state index in [9.17, 15) is 22.8 Å². The number of carbonyl (C=O) groups excluding carboxylic acids is 2. The van der Waals surface area contributed by atoms with Gasteiger partial charge in [-0.15, -0.1) is 11.3 Å². The molecule has 0 saturated heterocycles. The minimum absolute atomic E-state index is 0.0595. The molecule has 0 fully saturated rings. The van der Waals surface area contributed by atoms with Crippen LogP contribution in [0.5, 0.6) is 11.5 Å². The van der Waals surface area contributed by atoms with Crippen LogP contribution in [-0.2, 0) is 17.5 Å². The SMILES string of the molecule is Cc1nc(-c2ccc(C(F)(F)F)cc2)sc1C(=O)NNC(=O)OCc1ccc2c(c1)OCO2. The third-order valence-electron chi connectivity index (χ3n) is 4.55. The van der Waals surface area contributed by atoms with Crippen molar-refractivity contribution in [1.82, 2.24) is 15.8 Å². The van der Waals surface area contributed by atoms with E-state index < -0.39 is 23.7 Å². The highest BCUT2D eigenvalue weighted by molar-refractivity contribution is 7.17. The Balaban J connectivity index is 1.32. The summed E-state index contributed by atoms with van der Waals surface area (Å²) >= 11 is 0.985. The number of hydrogen-bond acceptors (Lipinski definition) is 7. The van der Waals surface area contributed by atoms with Crippen molar-refractivity contribution in [3.8, 4) is 22.1 Å². The Bertz CT molecular complexity index is 1190. The maximum atomic E-state index is 12.7. The molecular weight excluding hydrogens is 463 g/mol. The molecule has 1 aromatic heterocycles. The van der Waals surface area contributed by atoms with Gasteiger partial charge in [0, 0.05) is 5.56 Å². The van der Waals surface area contributed by atoms with Gasteiger partial charge in [0.25, 0.3) is 5.91 Å². The zero-order valence-electron chi connectivity index (χ0n) is 17.0. The van der Waals surface area contributed by atoms with Crippen LogP contribution in [0.25, 0.3) is 10.6 Å². The first-order chi connectivity index (χ1) is 15.7. The van der Waals surface area contributed by atoms with Gasteiger partial charge in [0.2, 0.25) is 6.79 Å². The van der Waals surface area contributed by atoms with Gasteiger partial charge in [-0.25, -0.2) is 15.2 Å². The van der Waals surface area contributed by atoms with Crippen LogP contribution in [0.2, 0.25) is 0 Å². The summed E-state index contributed by atoms with van der Waals surface area (Å²) in [6, 6.07) is 9.55. The summed E-state index contributed by atoms with van der Waals surface area (Å²) in [5.41, 5.74) is 5.06. The van der Waals surface area contributed by atoms with Crippen LogP contribution in [0, 0.1) is 6.92 Å². The highest BCUT2D eigenvalue weighted by atomic mass is 32.1. The van der Waals surface area contributed by atoms with Gasteiger partial charge in [-0.1, -0.05) is 18.2 Å². The number of nitrogens with one attached hydrogen (secondary N) is 2. The number of thiazole rings is 1. The van der Waals surface area contributed by atoms with Gasteiger partial charge >= 0.3 is 12.3 Å². The Kier molecular flexibility index (Phi) is 6.09. The molecule has 0 aliphatic carbocycles. The molecule has 4 rings (SSSR count). The number of alkyl halides is 3. The Morgan fingerprint density at radius 1 is 1.09 bits per heavy atom. The highest BCUT2D eigenvalue weighted by Gasteiger charge is 2.30. The molecule has 172 valence electrons. The second-order valence-corrected chi connectivity index (χ2v) is 7.85. The summed E-state index contributed by atoms with van der Waals surface area (Å²) in [5.74, 6) is 0.517. The fraction of sp³-hybridized carbons (Fsp3) is 0.190. The monoisotopic (exact) mass is 479 g/mol. The maximum Gasteiger partial charge on any atom is 0.426 e. The standard InChI is InChI=1S/C21H16F3N3O5S/c1-11-17(33-19(25-11)13-3-5-14(6-4-13)21(22,23)24)18(28)26-27-20(29)30-9-12-2-7-15-16(8-12)32-10-31-15/h2-8H,9-10H2,1H3,(H,26,28)(H,27,29). The summed E-state index contributed by atoms with van der Waals surface area (Å²) in [6.07, 6.45) is -5.32. The topological polar surface area (TPSA) is 98.8 Å². The van der Waals surface area contributed by atoms with E-state index in [0.29, 0.717) is 33.3 Å². The quantitative estimate of drug-likeness (QED) is 0.537. The van der Waals surface area contributed by atoms with E-state index in [-0.39, 0.29) is 18.3 Å². The molecule has 2 aromatic carbocycles. The van der Waals surface area contributed by atoms with Gasteiger partial charge in [-0.2, -0.15) is 13.2 Å². The number of carbonyl (C=O) groups is 2. The number of hydrogen-bond donors (Lipinski definition) is 2. The third kappa shape index (κ3) is 5.17. The van der Waals surface area contributed by atoms with Crippen molar-refractivity contribution in [1.29, 1.82) is 0 Å². The lowest BCUT2D eigenvalue weighted by Gasteiger charge is -2.08. The van der Waals surface area contributed by atoms with E-state index in [1.165, 1.54) is 12.1 Å². The first kappa shape index (κ1) is 22.4. The number of aromatic nitrogens is 1. The van der Waals surface area contributed by atoms with Crippen LogP contribution in [-0.4, -0.2) is 23.8 Å². The van der Waals surface area contributed by atoms with E-state index in [1.54, 1.807) is 25.1 Å². The van der Waals surface area contributed by atoms with E-state index >= 15 is 0 Å². The number of amides is 2. The number of benzene rings is 2. The normalized spacial score (nSPS) is 12.4. The first-order valence-electron chi connectivity index (χ1n) is 9.47. The lowest BCUT2D eigenvalue weighted by Crippen LogP contribution is -2.41. The van der Waals surface area contributed by atoms with Crippen molar-refractivity contribution in [2.45, 2.75) is 19.7 Å². The molecule has 0 spiro atoms. The van der Waals surface area contributed by atoms with Crippen LogP contribution >= 0.6 is 11.3 Å². The van der Waals surface area contributed by atoms with Crippen LogP contribution in [0.15, 0.2) is 42.5 Å². The summed E-state index contributed by atoms with van der Waals surface area (Å²) < 4.78 is 53.7. The van der Waals surface area contributed by atoms with Gasteiger partial charge in [0.05, 0.1) is 11.3 Å². The number of hydrazine groups is 1. The van der Waals surface area contributed by atoms with Crippen molar-refractivity contribution in [3.63, 3.8) is 0 Å². The van der Waals surface area contributed by atoms with Gasteiger partial charge in [-0.05, 0) is 36.8 Å². The van der Waals surface area contributed by atoms with Gasteiger partial charge in [0.15, 0.2) is 11.5 Å². The van der Waals surface area contributed by atoms with Gasteiger partial charge in [0.1, 0.15) is 16.5 Å². The maximum absolute atomic E-state index is 12.7. The minimum Gasteiger partial charge on any atom is -0.454 e. The molecule has 0 bridgehead atoms. The summed E-state index contributed by atoms with van der Waals surface area (Å²) in [7, 11) is 0. The molecule has 1 aliphatic heterocycles. The third-order valence-corrected chi connectivity index (χ3v) is 5.75. The van der Waals surface area contributed by atoms with Crippen LogP contribution < -0.4 is 20.3 Å². The van der Waals surface area contributed by atoms with Gasteiger partial charge < -0.3 is 14.2 Å². The van der Waals surface area contributed by atoms with Crippen molar-refractivity contribution in [2.75, 3.05) is 6.79 Å². The molecule has 3 aromatic rings. The second kappa shape index (κ2) is 8.98. The van der Waals surface area contributed by atoms with Crippen LogP contribution in [0.4, 0.5) is 18.0 Å². The average Bonchev–Trinajstić information content (AvgIpc) is 3.41. The summed E-state index contributed by atoms with van der Waals surface area (Å²) in [5, 5.41) is 0.372. The van der Waals surface area contributed by atoms with Crippen molar-refractivity contribution < 1.29 is 37.0 Å². The van der Waals surface area contributed by atoms with E-state index in [0.717, 1.165) is 23.5 Å². The van der Waals surface area contributed by atoms with Crippen LogP contribution in [0.1, 0.15) is 26.5 Å². The lowest BCUT2D eigenvalue weighted by atomic mass is 10.1. The minimum atomic E-state index is -4.44. The Morgan fingerprint density at radius 3 is 2.55 bits per heavy atom. The molecule has 0 radical (unpaired) electrons. The molecule has 33 heavy (non-hydrogen) atoms. The van der Waals surface area contributed by atoms with Crippen molar-refractivity contribution >= 4 is 23.3 Å². The number of halogens is 3. The molecule has 0 unspecified atom stereocenters. The van der Waals surface area contributed by atoms with E-state index in [1.807, 2.05) is 0 Å². The Morgan fingerprint density at radius 2 is 1.82 bits per heavy atom. The molecule has 2 amide bonds. The second-order valence-electron chi connectivity index (χ2n) is 6.85. The molecule has 0 atom stereocenters. The fourth-order valence-electron chi connectivity index (χ4n) is 2.91. The van der Waals surface area contributed by atoms with Crippen LogP contribution in [0.3, 0.4) is 0 Å². The number of nitrogens with zero attached hydrogens (tertiary/aromatic N) is 1. The molecule has 1 aliphatic rings. The Labute approximate surface area is 189 Å². The van der Waals surface area contributed by atoms with Gasteiger partial charge in [-0.3, -0.25) is 10.2 Å². The Hall–Kier alpha value is -3.80. The fourth-order valence-corrected chi connectivity index (χ4v) is 3.88. The first-order valence-corrected chi connectivity index (χ1v) is 10.3. The molecule has 0 saturated carbocycles. The average molecular weight is 479 g/mol. The molecule has 2 N–H and O–H groups in total. The molecule has 2 heterocycles. The van der Waals surface area contributed by atoms with E-state index in [2.05, 4.69) is 15.8 Å². The zero-order chi connectivity index (χ0) is 23.6. The van der Waals surface area contributed by atoms with E-state index in [4.69, 9.17) is 14.2 Å². The number of ether oxygens (including phenoxy) is 3. The highest BCUT2D eigenvalue weighted by Crippen LogP contribution is 2.34. The predicted octanol–water partition coefficient (Wildman–Crippen LogP) is 4.44. The van der Waals surface area contributed by atoms with Crippen molar-refractivity contribution in [2.24, 2.45) is 0 Å². The number of fused-ring (bicyclic) bond motifs is 1. The summed E-state index contributed by atoms with van der Waals surface area (Å²) in [4.78, 5) is 28.7. The zero-order valence-corrected chi connectivity index (χ0v) is 17.8.